The van der Waals surface area contributed by atoms with Gasteiger partial charge >= 0.3 is 0 Å². The van der Waals surface area contributed by atoms with Crippen LogP contribution in [0.25, 0.3) is 0 Å². The van der Waals surface area contributed by atoms with E-state index in [4.69, 9.17) is 4.74 Å². The van der Waals surface area contributed by atoms with Gasteiger partial charge in [-0.3, -0.25) is 0 Å². The van der Waals surface area contributed by atoms with Crippen LogP contribution in [0.1, 0.15) is 17.5 Å². The molecule has 1 unspecified atom stereocenters. The molecule has 4 nitrogen and oxygen atoms in total. The first kappa shape index (κ1) is 12.9. The Morgan fingerprint density at radius 2 is 2.26 bits per heavy atom. The Morgan fingerprint density at radius 1 is 1.37 bits per heavy atom. The molecular formula is C14H19NO3S. The third kappa shape index (κ3) is 2.92. The summed E-state index contributed by atoms with van der Waals surface area (Å²) in [5.41, 5.74) is 2.57. The van der Waals surface area contributed by atoms with Crippen LogP contribution in [0.2, 0.25) is 0 Å². The predicted octanol–water partition coefficient (Wildman–Crippen LogP) is 1.15. The molecule has 0 spiro atoms. The van der Waals surface area contributed by atoms with Gasteiger partial charge in [0.05, 0.1) is 18.1 Å². The van der Waals surface area contributed by atoms with E-state index < -0.39 is 9.84 Å². The van der Waals surface area contributed by atoms with Crippen LogP contribution in [0.15, 0.2) is 18.2 Å². The summed E-state index contributed by atoms with van der Waals surface area (Å²) in [4.78, 5) is 0. The second-order valence-corrected chi connectivity index (χ2v) is 7.63. The van der Waals surface area contributed by atoms with Crippen molar-refractivity contribution in [1.82, 2.24) is 5.32 Å². The molecule has 19 heavy (non-hydrogen) atoms. The quantitative estimate of drug-likeness (QED) is 0.903. The second kappa shape index (κ2) is 5.13. The number of hydrogen-bond donors (Lipinski definition) is 1. The topological polar surface area (TPSA) is 55.4 Å². The first-order chi connectivity index (χ1) is 9.14. The molecule has 0 aliphatic carbocycles. The molecule has 0 saturated carbocycles. The Labute approximate surface area is 114 Å². The molecule has 1 aromatic carbocycles. The summed E-state index contributed by atoms with van der Waals surface area (Å²) in [6.07, 6.45) is 1.76. The van der Waals surface area contributed by atoms with Crippen molar-refractivity contribution >= 4 is 9.84 Å². The minimum absolute atomic E-state index is 0.150. The fourth-order valence-corrected chi connectivity index (χ4v) is 4.67. The van der Waals surface area contributed by atoms with Gasteiger partial charge in [-0.05, 0) is 31.0 Å². The van der Waals surface area contributed by atoms with E-state index in [1.165, 1.54) is 11.1 Å². The van der Waals surface area contributed by atoms with Crippen molar-refractivity contribution in [2.24, 2.45) is 5.92 Å². The summed E-state index contributed by atoms with van der Waals surface area (Å²) >= 11 is 0. The van der Waals surface area contributed by atoms with Gasteiger partial charge in [-0.1, -0.05) is 12.1 Å². The molecule has 0 aromatic heterocycles. The standard InChI is InChI=1S/C14H19NO3S/c16-19(17)7-5-11(10-19)9-18-14-3-1-2-12-4-6-15-8-13(12)14/h1-3,11,15H,4-10H2. The Morgan fingerprint density at radius 3 is 3.05 bits per heavy atom. The summed E-state index contributed by atoms with van der Waals surface area (Å²) in [7, 11) is -2.81. The van der Waals surface area contributed by atoms with Crippen molar-refractivity contribution in [3.63, 3.8) is 0 Å². The number of benzene rings is 1. The van der Waals surface area contributed by atoms with Crippen molar-refractivity contribution in [3.05, 3.63) is 29.3 Å². The Hall–Kier alpha value is -1.07. The van der Waals surface area contributed by atoms with Crippen LogP contribution in [0.4, 0.5) is 0 Å². The first-order valence-corrected chi connectivity index (χ1v) is 8.61. The van der Waals surface area contributed by atoms with Gasteiger partial charge in [-0.25, -0.2) is 8.42 Å². The Kier molecular flexibility index (Phi) is 3.50. The molecular weight excluding hydrogens is 262 g/mol. The van der Waals surface area contributed by atoms with Crippen molar-refractivity contribution in [2.75, 3.05) is 24.7 Å². The van der Waals surface area contributed by atoms with E-state index in [-0.39, 0.29) is 11.7 Å². The van der Waals surface area contributed by atoms with Gasteiger partial charge in [0.15, 0.2) is 9.84 Å². The third-order valence-corrected chi connectivity index (χ3v) is 5.74. The van der Waals surface area contributed by atoms with Gasteiger partial charge in [0.25, 0.3) is 0 Å². The molecule has 5 heteroatoms. The summed E-state index contributed by atoms with van der Waals surface area (Å²) < 4.78 is 28.7. The maximum absolute atomic E-state index is 11.4. The Bertz CT molecular complexity index is 568. The van der Waals surface area contributed by atoms with Crippen molar-refractivity contribution in [1.29, 1.82) is 0 Å². The lowest BCUT2D eigenvalue weighted by Crippen LogP contribution is -2.24. The maximum Gasteiger partial charge on any atom is 0.150 e. The summed E-state index contributed by atoms with van der Waals surface area (Å²) in [6.45, 7) is 2.36. The summed E-state index contributed by atoms with van der Waals surface area (Å²) in [6, 6.07) is 6.14. The van der Waals surface area contributed by atoms with Crippen molar-refractivity contribution < 1.29 is 13.2 Å². The fourth-order valence-electron chi connectivity index (χ4n) is 2.83. The molecule has 1 N–H and O–H groups in total. The van der Waals surface area contributed by atoms with E-state index in [2.05, 4.69) is 11.4 Å². The molecule has 3 rings (SSSR count). The van der Waals surface area contributed by atoms with Crippen LogP contribution < -0.4 is 10.1 Å². The van der Waals surface area contributed by atoms with Gasteiger partial charge in [-0.2, -0.15) is 0 Å². The molecule has 1 aromatic rings. The summed E-state index contributed by atoms with van der Waals surface area (Å²) in [5, 5.41) is 3.35. The lowest BCUT2D eigenvalue weighted by atomic mass is 10.0. The van der Waals surface area contributed by atoms with Crippen LogP contribution in [0, 0.1) is 5.92 Å². The van der Waals surface area contributed by atoms with E-state index >= 15 is 0 Å². The predicted molar refractivity (Wildman–Crippen MR) is 74.1 cm³/mol. The van der Waals surface area contributed by atoms with E-state index in [9.17, 15) is 8.42 Å². The zero-order valence-electron chi connectivity index (χ0n) is 10.9. The molecule has 0 amide bonds. The number of sulfone groups is 1. The number of nitrogens with one attached hydrogen (secondary N) is 1. The van der Waals surface area contributed by atoms with Crippen molar-refractivity contribution in [2.45, 2.75) is 19.4 Å². The highest BCUT2D eigenvalue weighted by atomic mass is 32.2. The van der Waals surface area contributed by atoms with E-state index in [0.717, 1.165) is 31.7 Å². The van der Waals surface area contributed by atoms with E-state index in [1.807, 2.05) is 12.1 Å². The van der Waals surface area contributed by atoms with Crippen LogP contribution in [0.3, 0.4) is 0 Å². The number of fused-ring (bicyclic) bond motifs is 1. The van der Waals surface area contributed by atoms with Gasteiger partial charge in [0.1, 0.15) is 5.75 Å². The molecule has 2 aliphatic heterocycles. The van der Waals surface area contributed by atoms with Crippen LogP contribution in [0.5, 0.6) is 5.75 Å². The highest BCUT2D eigenvalue weighted by Crippen LogP contribution is 2.27. The average Bonchev–Trinajstić information content (AvgIpc) is 2.76. The molecule has 2 heterocycles. The van der Waals surface area contributed by atoms with Gasteiger partial charge in [-0.15, -0.1) is 0 Å². The highest BCUT2D eigenvalue weighted by Gasteiger charge is 2.28. The lowest BCUT2D eigenvalue weighted by molar-refractivity contribution is 0.259. The molecule has 1 saturated heterocycles. The molecule has 0 bridgehead atoms. The molecule has 104 valence electrons. The molecule has 1 atom stereocenters. The lowest BCUT2D eigenvalue weighted by Gasteiger charge is -2.21. The number of hydrogen-bond acceptors (Lipinski definition) is 4. The van der Waals surface area contributed by atoms with Gasteiger partial charge < -0.3 is 10.1 Å². The second-order valence-electron chi connectivity index (χ2n) is 5.40. The maximum atomic E-state index is 11.4. The number of ether oxygens (including phenoxy) is 1. The minimum Gasteiger partial charge on any atom is -0.493 e. The molecule has 0 radical (unpaired) electrons. The third-order valence-electron chi connectivity index (χ3n) is 3.90. The largest absolute Gasteiger partial charge is 0.493 e. The van der Waals surface area contributed by atoms with E-state index in [1.54, 1.807) is 0 Å². The summed E-state index contributed by atoms with van der Waals surface area (Å²) in [5.74, 6) is 1.65. The first-order valence-electron chi connectivity index (χ1n) is 6.79. The van der Waals surface area contributed by atoms with Gasteiger partial charge in [0, 0.05) is 18.0 Å². The fraction of sp³-hybridized carbons (Fsp3) is 0.571. The normalized spacial score (nSPS) is 24.9. The monoisotopic (exact) mass is 281 g/mol. The van der Waals surface area contributed by atoms with E-state index in [0.29, 0.717) is 12.4 Å². The van der Waals surface area contributed by atoms with Crippen LogP contribution in [-0.4, -0.2) is 33.1 Å². The molecule has 1 fully saturated rings. The van der Waals surface area contributed by atoms with Crippen molar-refractivity contribution in [3.8, 4) is 5.75 Å². The smallest absolute Gasteiger partial charge is 0.150 e. The average molecular weight is 281 g/mol. The number of rotatable bonds is 3. The highest BCUT2D eigenvalue weighted by molar-refractivity contribution is 7.91. The minimum atomic E-state index is -2.81. The zero-order chi connectivity index (χ0) is 13.3. The molecule has 2 aliphatic rings. The zero-order valence-corrected chi connectivity index (χ0v) is 11.7. The Balaban J connectivity index is 1.67. The van der Waals surface area contributed by atoms with Crippen LogP contribution in [-0.2, 0) is 22.8 Å². The van der Waals surface area contributed by atoms with Gasteiger partial charge in [0.2, 0.25) is 0 Å². The van der Waals surface area contributed by atoms with Crippen LogP contribution >= 0.6 is 0 Å². The SMILES string of the molecule is O=S1(=O)CCC(COc2cccc3c2CNCC3)C1.